The Kier molecular flexibility index (Phi) is 6.35. The molecule has 4 N–H and O–H groups in total. The van der Waals surface area contributed by atoms with Gasteiger partial charge in [0.25, 0.3) is 0 Å². The molecule has 0 bridgehead atoms. The molecule has 0 saturated carbocycles. The molecule has 0 radical (unpaired) electrons. The van der Waals surface area contributed by atoms with E-state index in [-0.39, 0.29) is 18.9 Å². The Hall–Kier alpha value is -2.37. The maximum atomic E-state index is 13.1. The molecule has 0 fully saturated rings. The zero-order chi connectivity index (χ0) is 17.5. The Morgan fingerprint density at radius 1 is 0.875 bits per heavy atom. The monoisotopic (exact) mass is 328 g/mol. The van der Waals surface area contributed by atoms with Gasteiger partial charge in [-0.25, -0.2) is 0 Å². The van der Waals surface area contributed by atoms with Crippen LogP contribution in [-0.2, 0) is 4.79 Å². The fourth-order valence-corrected chi connectivity index (χ4v) is 2.79. The first-order valence-electron chi connectivity index (χ1n) is 7.86. The van der Waals surface area contributed by atoms with E-state index < -0.39 is 11.8 Å². The van der Waals surface area contributed by atoms with Crippen LogP contribution in [0.5, 0.6) is 11.5 Å². The molecule has 0 aromatic heterocycles. The van der Waals surface area contributed by atoms with E-state index in [0.29, 0.717) is 11.5 Å². The van der Waals surface area contributed by atoms with Gasteiger partial charge in [-0.3, -0.25) is 4.79 Å². The molecule has 0 spiro atoms. The van der Waals surface area contributed by atoms with Gasteiger partial charge in [0.05, 0.1) is 26.1 Å². The molecule has 0 heterocycles. The predicted molar refractivity (Wildman–Crippen MR) is 94.6 cm³/mol. The number of hydrogen-bond acceptors (Lipinski definition) is 5. The molecule has 5 heteroatoms. The average molecular weight is 328 g/mol. The number of ketones is 1. The van der Waals surface area contributed by atoms with Gasteiger partial charge in [-0.1, -0.05) is 24.3 Å². The van der Waals surface area contributed by atoms with Crippen LogP contribution in [0.15, 0.2) is 48.5 Å². The van der Waals surface area contributed by atoms with Gasteiger partial charge >= 0.3 is 0 Å². The molecule has 0 aliphatic heterocycles. The predicted octanol–water partition coefficient (Wildman–Crippen LogP) is 2.06. The average Bonchev–Trinajstić information content (AvgIpc) is 2.63. The first-order chi connectivity index (χ1) is 11.6. The van der Waals surface area contributed by atoms with Crippen LogP contribution in [-0.4, -0.2) is 33.1 Å². The standard InChI is InChI=1S/C19H24N2O3/c1-23-15-7-3-5-13(9-15)17(11-20)19(22)18(12-21)14-6-4-8-16(10-14)24-2/h3-10,17-18H,11-12,20-21H2,1-2H3. The van der Waals surface area contributed by atoms with Crippen molar-refractivity contribution in [3.63, 3.8) is 0 Å². The smallest absolute Gasteiger partial charge is 0.150 e. The van der Waals surface area contributed by atoms with Crippen LogP contribution in [0.2, 0.25) is 0 Å². The minimum absolute atomic E-state index is 0.00139. The zero-order valence-corrected chi connectivity index (χ0v) is 14.1. The van der Waals surface area contributed by atoms with E-state index in [0.717, 1.165) is 11.1 Å². The van der Waals surface area contributed by atoms with Crippen molar-refractivity contribution in [1.82, 2.24) is 0 Å². The fraction of sp³-hybridized carbons (Fsp3) is 0.316. The Labute approximate surface area is 142 Å². The summed E-state index contributed by atoms with van der Waals surface area (Å²) in [6.45, 7) is 0.430. The van der Waals surface area contributed by atoms with Crippen molar-refractivity contribution in [2.24, 2.45) is 11.5 Å². The van der Waals surface area contributed by atoms with Crippen molar-refractivity contribution in [3.8, 4) is 11.5 Å². The van der Waals surface area contributed by atoms with Crippen molar-refractivity contribution >= 4 is 5.78 Å². The van der Waals surface area contributed by atoms with Crippen LogP contribution in [0.25, 0.3) is 0 Å². The summed E-state index contributed by atoms with van der Waals surface area (Å²) in [7, 11) is 3.19. The molecule has 2 atom stereocenters. The lowest BCUT2D eigenvalue weighted by molar-refractivity contribution is -0.121. The molecule has 24 heavy (non-hydrogen) atoms. The second-order valence-electron chi connectivity index (χ2n) is 5.53. The normalized spacial score (nSPS) is 13.2. The van der Waals surface area contributed by atoms with Crippen LogP contribution < -0.4 is 20.9 Å². The lowest BCUT2D eigenvalue weighted by Crippen LogP contribution is -2.30. The summed E-state index contributed by atoms with van der Waals surface area (Å²) >= 11 is 0. The first kappa shape index (κ1) is 18.0. The molecule has 0 aliphatic rings. The lowest BCUT2D eigenvalue weighted by atomic mass is 9.83. The van der Waals surface area contributed by atoms with E-state index in [1.165, 1.54) is 0 Å². The highest BCUT2D eigenvalue weighted by Gasteiger charge is 2.28. The molecule has 0 saturated heterocycles. The highest BCUT2D eigenvalue weighted by molar-refractivity contribution is 5.92. The van der Waals surface area contributed by atoms with Gasteiger partial charge in [0.1, 0.15) is 17.3 Å². The summed E-state index contributed by atoms with van der Waals surface area (Å²) in [6, 6.07) is 14.8. The molecule has 128 valence electrons. The molecular formula is C19H24N2O3. The Balaban J connectivity index is 2.33. The van der Waals surface area contributed by atoms with Crippen molar-refractivity contribution in [1.29, 1.82) is 0 Å². The van der Waals surface area contributed by atoms with Gasteiger partial charge in [-0.2, -0.15) is 0 Å². The number of rotatable bonds is 8. The van der Waals surface area contributed by atoms with Gasteiger partial charge in [-0.15, -0.1) is 0 Å². The molecule has 0 aliphatic carbocycles. The Morgan fingerprint density at radius 3 is 1.62 bits per heavy atom. The second kappa shape index (κ2) is 8.47. The lowest BCUT2D eigenvalue weighted by Gasteiger charge is -2.22. The minimum Gasteiger partial charge on any atom is -0.497 e. The van der Waals surface area contributed by atoms with Crippen molar-refractivity contribution in [2.75, 3.05) is 27.3 Å². The van der Waals surface area contributed by atoms with Gasteiger partial charge in [0.15, 0.2) is 0 Å². The number of carbonyl (C=O) groups excluding carboxylic acids is 1. The van der Waals surface area contributed by atoms with Gasteiger partial charge in [0.2, 0.25) is 0 Å². The number of hydrogen-bond donors (Lipinski definition) is 2. The highest BCUT2D eigenvalue weighted by atomic mass is 16.5. The maximum absolute atomic E-state index is 13.1. The molecule has 5 nitrogen and oxygen atoms in total. The number of methoxy groups -OCH3 is 2. The topological polar surface area (TPSA) is 87.6 Å². The second-order valence-corrected chi connectivity index (χ2v) is 5.53. The molecule has 0 amide bonds. The Morgan fingerprint density at radius 2 is 1.29 bits per heavy atom. The van der Waals surface area contributed by atoms with E-state index in [9.17, 15) is 4.79 Å². The van der Waals surface area contributed by atoms with E-state index >= 15 is 0 Å². The van der Waals surface area contributed by atoms with Gasteiger partial charge < -0.3 is 20.9 Å². The SMILES string of the molecule is COc1cccc(C(CN)C(=O)C(CN)c2cccc(OC)c2)c1. The largest absolute Gasteiger partial charge is 0.497 e. The summed E-state index contributed by atoms with van der Waals surface area (Å²) in [5, 5.41) is 0. The molecule has 2 aromatic rings. The van der Waals surface area contributed by atoms with Crippen LogP contribution in [0.3, 0.4) is 0 Å². The molecule has 2 aromatic carbocycles. The number of nitrogens with two attached hydrogens (primary N) is 2. The van der Waals surface area contributed by atoms with Crippen LogP contribution in [0.4, 0.5) is 0 Å². The Bertz CT molecular complexity index is 630. The van der Waals surface area contributed by atoms with Crippen LogP contribution >= 0.6 is 0 Å². The zero-order valence-electron chi connectivity index (χ0n) is 14.1. The van der Waals surface area contributed by atoms with Crippen molar-refractivity contribution < 1.29 is 14.3 Å². The van der Waals surface area contributed by atoms with Crippen LogP contribution in [0, 0.1) is 0 Å². The van der Waals surface area contributed by atoms with Crippen molar-refractivity contribution in [3.05, 3.63) is 59.7 Å². The summed E-state index contributed by atoms with van der Waals surface area (Å²) in [5.41, 5.74) is 13.5. The molecule has 2 rings (SSSR count). The molecule has 2 unspecified atom stereocenters. The fourth-order valence-electron chi connectivity index (χ4n) is 2.79. The third-order valence-corrected chi connectivity index (χ3v) is 4.15. The number of Topliss-reactive ketones (excluding diaryl/α,β-unsaturated/α-hetero) is 1. The summed E-state index contributed by atoms with van der Waals surface area (Å²) in [4.78, 5) is 13.1. The van der Waals surface area contributed by atoms with Crippen LogP contribution in [0.1, 0.15) is 23.0 Å². The summed E-state index contributed by atoms with van der Waals surface area (Å²) in [5.74, 6) is 0.537. The third-order valence-electron chi connectivity index (χ3n) is 4.15. The summed E-state index contributed by atoms with van der Waals surface area (Å²) in [6.07, 6.45) is 0. The molecular weight excluding hydrogens is 304 g/mol. The summed E-state index contributed by atoms with van der Waals surface area (Å²) < 4.78 is 10.5. The number of benzene rings is 2. The minimum atomic E-state index is -0.431. The third kappa shape index (κ3) is 3.93. The van der Waals surface area contributed by atoms with E-state index in [4.69, 9.17) is 20.9 Å². The van der Waals surface area contributed by atoms with E-state index in [1.54, 1.807) is 14.2 Å². The van der Waals surface area contributed by atoms with E-state index in [2.05, 4.69) is 0 Å². The quantitative estimate of drug-likeness (QED) is 0.774. The van der Waals surface area contributed by atoms with Gasteiger partial charge in [0, 0.05) is 13.1 Å². The maximum Gasteiger partial charge on any atom is 0.150 e. The number of carbonyl (C=O) groups is 1. The van der Waals surface area contributed by atoms with E-state index in [1.807, 2.05) is 48.5 Å². The number of ether oxygens (including phenoxy) is 2. The first-order valence-corrected chi connectivity index (χ1v) is 7.86. The van der Waals surface area contributed by atoms with Crippen molar-refractivity contribution in [2.45, 2.75) is 11.8 Å². The van der Waals surface area contributed by atoms with Gasteiger partial charge in [-0.05, 0) is 35.4 Å². The highest BCUT2D eigenvalue weighted by Crippen LogP contribution is 2.29.